The molecular formula is C29H35N5O9. The van der Waals surface area contributed by atoms with Gasteiger partial charge in [-0.25, -0.2) is 24.1 Å². The predicted octanol–water partition coefficient (Wildman–Crippen LogP) is 1.49. The van der Waals surface area contributed by atoms with Crippen LogP contribution in [0.25, 0.3) is 10.9 Å². The molecule has 0 saturated carbocycles. The minimum Gasteiger partial charge on any atom is -0.479 e. The largest absolute Gasteiger partial charge is 0.479 e. The number of aromatic nitrogens is 1. The molecule has 43 heavy (non-hydrogen) atoms. The van der Waals surface area contributed by atoms with Gasteiger partial charge in [0.1, 0.15) is 6.04 Å². The summed E-state index contributed by atoms with van der Waals surface area (Å²) in [7, 11) is 5.77. The van der Waals surface area contributed by atoms with Crippen molar-refractivity contribution in [3.05, 3.63) is 77.5 Å². The molecule has 2 heterocycles. The van der Waals surface area contributed by atoms with Gasteiger partial charge in [0.25, 0.3) is 5.91 Å². The van der Waals surface area contributed by atoms with Crippen LogP contribution >= 0.6 is 0 Å². The molecule has 1 saturated heterocycles. The zero-order valence-corrected chi connectivity index (χ0v) is 23.8. The van der Waals surface area contributed by atoms with Gasteiger partial charge in [0.05, 0.1) is 0 Å². The Morgan fingerprint density at radius 2 is 1.72 bits per heavy atom. The van der Waals surface area contributed by atoms with Crippen LogP contribution in [0.4, 0.5) is 10.5 Å². The summed E-state index contributed by atoms with van der Waals surface area (Å²) in [4.78, 5) is 63.4. The van der Waals surface area contributed by atoms with Crippen LogP contribution < -0.4 is 10.6 Å². The van der Waals surface area contributed by atoms with Crippen LogP contribution in [0.2, 0.25) is 0 Å². The number of hydrogen-bond donors (Lipinski definition) is 6. The molecule has 2 aromatic carbocycles. The SMILES string of the molecule is CNc1cccc(C(C(=O)O)N2C(=O)NC(Cc3ccc4[nH]cc(CCN(C)C)c4c3)C2=O)c1.O.O=C(O)/C=C\C(=O)O. The summed E-state index contributed by atoms with van der Waals surface area (Å²) < 4.78 is 0. The highest BCUT2D eigenvalue weighted by molar-refractivity contribution is 6.07. The number of urea groups is 1. The lowest BCUT2D eigenvalue weighted by molar-refractivity contribution is -0.147. The molecule has 0 aliphatic carbocycles. The van der Waals surface area contributed by atoms with E-state index >= 15 is 0 Å². The second kappa shape index (κ2) is 15.1. The molecule has 230 valence electrons. The Kier molecular flexibility index (Phi) is 12.0. The van der Waals surface area contributed by atoms with Crippen LogP contribution in [0.1, 0.15) is 22.7 Å². The van der Waals surface area contributed by atoms with Crippen LogP contribution in [0.15, 0.2) is 60.8 Å². The van der Waals surface area contributed by atoms with Crippen molar-refractivity contribution in [2.24, 2.45) is 0 Å². The molecule has 3 amide bonds. The summed E-state index contributed by atoms with van der Waals surface area (Å²) in [6, 6.07) is 9.67. The molecule has 0 radical (unpaired) electrons. The molecule has 14 heteroatoms. The molecule has 2 atom stereocenters. The van der Waals surface area contributed by atoms with Crippen LogP contribution in [-0.4, -0.2) is 99.2 Å². The fourth-order valence-electron chi connectivity index (χ4n) is 4.48. The minimum absolute atomic E-state index is 0. The zero-order valence-electron chi connectivity index (χ0n) is 23.8. The summed E-state index contributed by atoms with van der Waals surface area (Å²) in [5, 5.41) is 32.2. The Hall–Kier alpha value is -5.21. The molecule has 14 nitrogen and oxygen atoms in total. The van der Waals surface area contributed by atoms with E-state index in [9.17, 15) is 29.1 Å². The van der Waals surface area contributed by atoms with E-state index in [0.717, 1.165) is 34.3 Å². The Morgan fingerprint density at radius 1 is 1.05 bits per heavy atom. The third-order valence-corrected chi connectivity index (χ3v) is 6.50. The molecule has 2 unspecified atom stereocenters. The summed E-state index contributed by atoms with van der Waals surface area (Å²) in [6.45, 7) is 0.911. The number of fused-ring (bicyclic) bond motifs is 1. The first-order valence-electron chi connectivity index (χ1n) is 12.9. The van der Waals surface area contributed by atoms with Crippen molar-refractivity contribution in [2.45, 2.75) is 24.9 Å². The summed E-state index contributed by atoms with van der Waals surface area (Å²) in [6.07, 6.45) is 4.27. The van der Waals surface area contributed by atoms with Gasteiger partial charge in [-0.3, -0.25) is 4.79 Å². The molecular weight excluding hydrogens is 562 g/mol. The molecule has 1 fully saturated rings. The fraction of sp³-hybridized carbons (Fsp3) is 0.276. The van der Waals surface area contributed by atoms with Crippen molar-refractivity contribution >= 4 is 46.4 Å². The number of hydrogen-bond acceptors (Lipinski definition) is 7. The van der Waals surface area contributed by atoms with E-state index in [1.807, 2.05) is 38.5 Å². The predicted molar refractivity (Wildman–Crippen MR) is 158 cm³/mol. The number of imide groups is 1. The van der Waals surface area contributed by atoms with Crippen molar-refractivity contribution in [1.82, 2.24) is 20.1 Å². The van der Waals surface area contributed by atoms with E-state index in [1.165, 1.54) is 5.56 Å². The highest BCUT2D eigenvalue weighted by atomic mass is 16.4. The highest BCUT2D eigenvalue weighted by Gasteiger charge is 2.45. The van der Waals surface area contributed by atoms with Gasteiger partial charge in [-0.2, -0.15) is 0 Å². The Balaban J connectivity index is 0.000000632. The first kappa shape index (κ1) is 34.0. The normalized spacial score (nSPS) is 15.1. The van der Waals surface area contributed by atoms with Gasteiger partial charge in [0, 0.05) is 55.0 Å². The zero-order chi connectivity index (χ0) is 31.0. The number of carbonyl (C=O) groups excluding carboxylic acids is 2. The van der Waals surface area contributed by atoms with Crippen molar-refractivity contribution in [2.75, 3.05) is 33.0 Å². The van der Waals surface area contributed by atoms with Gasteiger partial charge >= 0.3 is 23.9 Å². The van der Waals surface area contributed by atoms with Crippen LogP contribution in [0.3, 0.4) is 0 Å². The summed E-state index contributed by atoms with van der Waals surface area (Å²) in [5.74, 6) is -4.33. The van der Waals surface area contributed by atoms with Gasteiger partial charge in [-0.15, -0.1) is 0 Å². The van der Waals surface area contributed by atoms with Crippen LogP contribution in [0.5, 0.6) is 0 Å². The molecule has 0 bridgehead atoms. The maximum Gasteiger partial charge on any atom is 0.331 e. The first-order valence-corrected chi connectivity index (χ1v) is 12.9. The van der Waals surface area contributed by atoms with Gasteiger partial charge < -0.3 is 41.3 Å². The third-order valence-electron chi connectivity index (χ3n) is 6.50. The van der Waals surface area contributed by atoms with Gasteiger partial charge in [0.2, 0.25) is 0 Å². The molecule has 0 spiro atoms. The number of carboxylic acid groups (broad SMARTS) is 3. The number of carboxylic acids is 3. The number of amides is 3. The lowest BCUT2D eigenvalue weighted by Crippen LogP contribution is -2.39. The standard InChI is InChI=1S/C25H29N5O4.C4H4O4.H2O/c1-26-18-6-4-5-16(13-18)22(24(32)33)30-23(31)21(28-25(30)34)12-15-7-8-20-19(11-15)17(14-27-20)9-10-29(2)3;5-3(6)1-2-4(7)8;/h4-8,11,13-14,21-22,26-27H,9-10,12H2,1-3H3,(H,28,34)(H,32,33);1-2H,(H,5,6)(H,7,8);1H2/b;2-1-;. The summed E-state index contributed by atoms with van der Waals surface area (Å²) in [5.41, 5.74) is 4.13. The smallest absolute Gasteiger partial charge is 0.331 e. The molecule has 1 aromatic heterocycles. The van der Waals surface area contributed by atoms with Gasteiger partial charge in [-0.1, -0.05) is 18.2 Å². The lowest BCUT2D eigenvalue weighted by atomic mass is 10.0. The molecule has 3 aromatic rings. The number of anilines is 1. The van der Waals surface area contributed by atoms with E-state index in [4.69, 9.17) is 10.2 Å². The summed E-state index contributed by atoms with van der Waals surface area (Å²) >= 11 is 0. The van der Waals surface area contributed by atoms with Crippen molar-refractivity contribution < 1.29 is 44.8 Å². The van der Waals surface area contributed by atoms with Crippen molar-refractivity contribution in [3.8, 4) is 0 Å². The maximum atomic E-state index is 13.2. The topological polar surface area (TPSA) is 224 Å². The highest BCUT2D eigenvalue weighted by Crippen LogP contribution is 2.28. The van der Waals surface area contributed by atoms with Crippen molar-refractivity contribution in [3.63, 3.8) is 0 Å². The monoisotopic (exact) mass is 597 g/mol. The lowest BCUT2D eigenvalue weighted by Gasteiger charge is -2.22. The van der Waals surface area contributed by atoms with E-state index in [1.54, 1.807) is 31.3 Å². The third kappa shape index (κ3) is 8.89. The molecule has 4 rings (SSSR count). The van der Waals surface area contributed by atoms with E-state index in [2.05, 4.69) is 20.5 Å². The average molecular weight is 598 g/mol. The second-order valence-corrected chi connectivity index (χ2v) is 9.79. The first-order chi connectivity index (χ1) is 19.9. The fourth-order valence-corrected chi connectivity index (χ4v) is 4.48. The quantitative estimate of drug-likeness (QED) is 0.138. The van der Waals surface area contributed by atoms with Crippen molar-refractivity contribution in [1.29, 1.82) is 0 Å². The number of nitrogens with zero attached hydrogens (tertiary/aromatic N) is 2. The molecule has 1 aliphatic heterocycles. The van der Waals surface area contributed by atoms with Gasteiger partial charge in [0.15, 0.2) is 6.04 Å². The molecule has 1 aliphatic rings. The molecule has 8 N–H and O–H groups in total. The Morgan fingerprint density at radius 3 is 2.30 bits per heavy atom. The van der Waals surface area contributed by atoms with E-state index in [-0.39, 0.29) is 11.9 Å². The number of H-pyrrole nitrogens is 1. The Bertz CT molecular complexity index is 1500. The maximum absolute atomic E-state index is 13.2. The minimum atomic E-state index is -1.41. The average Bonchev–Trinajstić information content (AvgIpc) is 3.46. The number of nitrogens with one attached hydrogen (secondary N) is 3. The van der Waals surface area contributed by atoms with E-state index < -0.39 is 41.9 Å². The number of aliphatic carboxylic acids is 3. The number of benzene rings is 2. The number of rotatable bonds is 11. The number of carbonyl (C=O) groups is 5. The van der Waals surface area contributed by atoms with Gasteiger partial charge in [-0.05, 0) is 61.5 Å². The Labute approximate surface area is 246 Å². The number of likely N-dealkylation sites (N-methyl/N-ethyl adjacent to an activating group) is 1. The van der Waals surface area contributed by atoms with E-state index in [0.29, 0.717) is 23.4 Å². The van der Waals surface area contributed by atoms with Crippen LogP contribution in [0, 0.1) is 0 Å². The number of aromatic amines is 1. The van der Waals surface area contributed by atoms with Crippen LogP contribution in [-0.2, 0) is 32.0 Å². The second-order valence-electron chi connectivity index (χ2n) is 9.79.